The fourth-order valence-corrected chi connectivity index (χ4v) is 2.46. The van der Waals surface area contributed by atoms with E-state index in [0.29, 0.717) is 17.7 Å². The molecule has 1 aliphatic heterocycles. The van der Waals surface area contributed by atoms with E-state index in [4.69, 9.17) is 0 Å². The summed E-state index contributed by atoms with van der Waals surface area (Å²) in [6.45, 7) is 7.16. The van der Waals surface area contributed by atoms with Crippen molar-refractivity contribution in [2.75, 3.05) is 6.54 Å². The summed E-state index contributed by atoms with van der Waals surface area (Å²) in [5.74, 6) is -0.374. The van der Waals surface area contributed by atoms with Gasteiger partial charge in [0.2, 0.25) is 0 Å². The number of amides is 2. The fraction of sp³-hybridized carbons (Fsp3) is 0.353. The maximum Gasteiger partial charge on any atom is 0.261 e. The number of hydrogen-bond donors (Lipinski definition) is 0. The Morgan fingerprint density at radius 1 is 1.09 bits per heavy atom. The fourth-order valence-electron chi connectivity index (χ4n) is 2.46. The molecular formula is C17H21N3O2Pd. The van der Waals surface area contributed by atoms with Crippen LogP contribution in [0.4, 0.5) is 0 Å². The predicted molar refractivity (Wildman–Crippen MR) is 82.5 cm³/mol. The van der Waals surface area contributed by atoms with Gasteiger partial charge >= 0.3 is 0 Å². The molecule has 3 rings (SSSR count). The van der Waals surface area contributed by atoms with Crippen LogP contribution in [0, 0.1) is 6.92 Å². The monoisotopic (exact) mass is 405 g/mol. The molecule has 0 saturated carbocycles. The van der Waals surface area contributed by atoms with E-state index in [0.717, 1.165) is 18.7 Å². The molecule has 0 saturated heterocycles. The Kier molecular flexibility index (Phi) is 7.34. The number of carbonyl (C=O) groups is 2. The van der Waals surface area contributed by atoms with Gasteiger partial charge in [0.05, 0.1) is 17.5 Å². The van der Waals surface area contributed by atoms with Gasteiger partial charge in [-0.2, -0.15) is 0 Å². The Morgan fingerprint density at radius 3 is 2.13 bits per heavy atom. The molecule has 0 aliphatic carbocycles. The Bertz CT molecular complexity index is 647. The number of imide groups is 1. The van der Waals surface area contributed by atoms with E-state index in [1.54, 1.807) is 36.8 Å². The molecule has 0 bridgehead atoms. The quantitative estimate of drug-likeness (QED) is 0.444. The first-order valence-electron chi connectivity index (χ1n) is 7.60. The SMILES string of the molecule is CC.Cc1c[n-]c[n+]1CCCN1C(=O)c2ccccc2C1=O.[Pd]. The number of carbonyl (C=O) groups excluding carboxylic acids is 2. The first kappa shape index (κ1) is 19.3. The summed E-state index contributed by atoms with van der Waals surface area (Å²) in [6, 6.07) is 6.97. The number of hydrogen-bond acceptors (Lipinski definition) is 2. The third kappa shape index (κ3) is 3.96. The molecule has 0 N–H and O–H groups in total. The summed E-state index contributed by atoms with van der Waals surface area (Å²) in [6.07, 6.45) is 4.28. The summed E-state index contributed by atoms with van der Waals surface area (Å²) in [5, 5.41) is 0. The van der Waals surface area contributed by atoms with Crippen molar-refractivity contribution in [3.05, 3.63) is 53.6 Å². The third-order valence-electron chi connectivity index (χ3n) is 3.58. The van der Waals surface area contributed by atoms with Gasteiger partial charge in [-0.1, -0.05) is 26.0 Å². The molecule has 1 aromatic carbocycles. The number of benzene rings is 1. The Balaban J connectivity index is 0.000000849. The second-order valence-corrected chi connectivity index (χ2v) is 4.89. The molecule has 0 atom stereocenters. The minimum Gasteiger partial charge on any atom is -0.335 e. The second kappa shape index (κ2) is 8.76. The van der Waals surface area contributed by atoms with Crippen LogP contribution in [0.3, 0.4) is 0 Å². The van der Waals surface area contributed by atoms with Crippen molar-refractivity contribution in [2.24, 2.45) is 0 Å². The molecule has 2 heterocycles. The Morgan fingerprint density at radius 2 is 1.65 bits per heavy atom. The molecule has 2 amide bonds. The molecule has 6 heteroatoms. The van der Waals surface area contributed by atoms with Crippen molar-refractivity contribution in [1.82, 2.24) is 9.88 Å². The summed E-state index contributed by atoms with van der Waals surface area (Å²) in [7, 11) is 0. The molecule has 126 valence electrons. The molecule has 23 heavy (non-hydrogen) atoms. The van der Waals surface area contributed by atoms with Crippen LogP contribution in [0.15, 0.2) is 36.8 Å². The zero-order valence-corrected chi connectivity index (χ0v) is 15.1. The van der Waals surface area contributed by atoms with E-state index >= 15 is 0 Å². The van der Waals surface area contributed by atoms with Crippen molar-refractivity contribution in [1.29, 1.82) is 0 Å². The largest absolute Gasteiger partial charge is 0.335 e. The standard InChI is InChI=1S/C15H15N3O2.C2H6.Pd/c1-11-9-16-10-17(11)7-4-8-18-14(19)12-5-2-3-6-13(12)15(18)20;1-2;/h2-3,5-6,9-10H,4,7-8H2,1H3;1-2H3;. The molecule has 0 radical (unpaired) electrons. The number of rotatable bonds is 4. The number of aromatic nitrogens is 2. The van der Waals surface area contributed by atoms with Gasteiger partial charge in [0.1, 0.15) is 0 Å². The summed E-state index contributed by atoms with van der Waals surface area (Å²) in [5.41, 5.74) is 2.10. The van der Waals surface area contributed by atoms with Crippen LogP contribution in [0.25, 0.3) is 0 Å². The normalized spacial score (nSPS) is 12.4. The van der Waals surface area contributed by atoms with E-state index in [2.05, 4.69) is 4.98 Å². The predicted octanol–water partition coefficient (Wildman–Crippen LogP) is 1.95. The van der Waals surface area contributed by atoms with E-state index < -0.39 is 0 Å². The molecule has 0 spiro atoms. The Hall–Kier alpha value is -1.77. The minimum absolute atomic E-state index is 0. The average Bonchev–Trinajstić information content (AvgIpc) is 3.07. The van der Waals surface area contributed by atoms with Crippen LogP contribution < -0.4 is 9.55 Å². The van der Waals surface area contributed by atoms with E-state index in [1.807, 2.05) is 25.3 Å². The van der Waals surface area contributed by atoms with Gasteiger partial charge in [-0.15, -0.1) is 0 Å². The van der Waals surface area contributed by atoms with Crippen molar-refractivity contribution >= 4 is 11.8 Å². The molecule has 0 fully saturated rings. The van der Waals surface area contributed by atoms with Crippen LogP contribution in [0.5, 0.6) is 0 Å². The summed E-state index contributed by atoms with van der Waals surface area (Å²) >= 11 is 0. The number of imidazole rings is 1. The number of nitrogens with zero attached hydrogens (tertiary/aromatic N) is 3. The zero-order valence-electron chi connectivity index (χ0n) is 13.6. The van der Waals surface area contributed by atoms with Gasteiger partial charge in [-0.25, -0.2) is 4.98 Å². The van der Waals surface area contributed by atoms with Gasteiger partial charge in [-0.3, -0.25) is 14.5 Å². The molecular weight excluding hydrogens is 385 g/mol. The first-order valence-corrected chi connectivity index (χ1v) is 7.60. The van der Waals surface area contributed by atoms with Gasteiger partial charge in [0.25, 0.3) is 11.8 Å². The van der Waals surface area contributed by atoms with Gasteiger partial charge in [-0.05, 0) is 25.5 Å². The van der Waals surface area contributed by atoms with Crippen LogP contribution in [-0.2, 0) is 27.0 Å². The topological polar surface area (TPSA) is 55.4 Å². The third-order valence-corrected chi connectivity index (χ3v) is 3.58. The molecule has 0 unspecified atom stereocenters. The van der Waals surface area contributed by atoms with Gasteiger partial charge in [0.15, 0.2) is 0 Å². The van der Waals surface area contributed by atoms with Crippen molar-refractivity contribution in [2.45, 2.75) is 33.7 Å². The number of fused-ring (bicyclic) bond motifs is 1. The summed E-state index contributed by atoms with van der Waals surface area (Å²) in [4.78, 5) is 29.7. The van der Waals surface area contributed by atoms with E-state index in [1.165, 1.54) is 4.90 Å². The van der Waals surface area contributed by atoms with Crippen LogP contribution in [0.1, 0.15) is 46.7 Å². The first-order chi connectivity index (χ1) is 10.7. The molecule has 2 aromatic rings. The van der Waals surface area contributed by atoms with Crippen molar-refractivity contribution in [3.8, 4) is 0 Å². The molecule has 1 aliphatic rings. The Labute approximate surface area is 150 Å². The smallest absolute Gasteiger partial charge is 0.261 e. The maximum absolute atomic E-state index is 12.2. The van der Waals surface area contributed by atoms with E-state index in [9.17, 15) is 9.59 Å². The zero-order chi connectivity index (χ0) is 16.1. The van der Waals surface area contributed by atoms with Crippen molar-refractivity contribution < 1.29 is 34.6 Å². The molecule has 1 aromatic heterocycles. The van der Waals surface area contributed by atoms with Gasteiger partial charge < -0.3 is 4.57 Å². The van der Waals surface area contributed by atoms with Crippen LogP contribution >= 0.6 is 0 Å². The van der Waals surface area contributed by atoms with E-state index in [-0.39, 0.29) is 32.2 Å². The minimum atomic E-state index is -0.187. The average molecular weight is 406 g/mol. The van der Waals surface area contributed by atoms with Crippen LogP contribution in [0.2, 0.25) is 0 Å². The van der Waals surface area contributed by atoms with Crippen LogP contribution in [-0.4, -0.2) is 23.3 Å². The summed E-state index contributed by atoms with van der Waals surface area (Å²) < 4.78 is 2.01. The van der Waals surface area contributed by atoms with Crippen molar-refractivity contribution in [3.63, 3.8) is 0 Å². The van der Waals surface area contributed by atoms with Gasteiger partial charge in [0, 0.05) is 45.4 Å². The maximum atomic E-state index is 12.2. The second-order valence-electron chi connectivity index (χ2n) is 4.89. The number of aryl methyl sites for hydroxylation is 2. The molecule has 5 nitrogen and oxygen atoms in total.